The van der Waals surface area contributed by atoms with Gasteiger partial charge in [-0.25, -0.2) is 8.78 Å². The van der Waals surface area contributed by atoms with Gasteiger partial charge in [0.1, 0.15) is 0 Å². The topological polar surface area (TPSA) is 41.1 Å². The van der Waals surface area contributed by atoms with Gasteiger partial charge in [-0.2, -0.15) is 0 Å². The lowest BCUT2D eigenvalue weighted by Gasteiger charge is -2.11. The van der Waals surface area contributed by atoms with Crippen LogP contribution in [0.2, 0.25) is 0 Å². The van der Waals surface area contributed by atoms with Crippen LogP contribution in [0, 0.1) is 11.6 Å². The second-order valence-corrected chi connectivity index (χ2v) is 4.39. The van der Waals surface area contributed by atoms with E-state index in [1.54, 1.807) is 11.8 Å². The molecular weight excluding hydrogens is 270 g/mol. The Balaban J connectivity index is 0.00000144. The van der Waals surface area contributed by atoms with Crippen LogP contribution in [0.4, 0.5) is 14.5 Å². The molecule has 1 fully saturated rings. The SMILES string of the molecule is Cl.O=C(Nc1cccc(F)c1F)C1CSCN1. The van der Waals surface area contributed by atoms with Crippen LogP contribution >= 0.6 is 24.2 Å². The highest BCUT2D eigenvalue weighted by molar-refractivity contribution is 7.99. The number of anilines is 1. The molecule has 0 spiro atoms. The summed E-state index contributed by atoms with van der Waals surface area (Å²) in [4.78, 5) is 11.6. The van der Waals surface area contributed by atoms with Crippen LogP contribution in [0.25, 0.3) is 0 Å². The van der Waals surface area contributed by atoms with Crippen LogP contribution < -0.4 is 10.6 Å². The summed E-state index contributed by atoms with van der Waals surface area (Å²) in [7, 11) is 0. The van der Waals surface area contributed by atoms with E-state index in [0.29, 0.717) is 11.6 Å². The number of benzene rings is 1. The first-order valence-electron chi connectivity index (χ1n) is 4.74. The molecule has 3 nitrogen and oxygen atoms in total. The van der Waals surface area contributed by atoms with Crippen molar-refractivity contribution < 1.29 is 13.6 Å². The standard InChI is InChI=1S/C10H10F2N2OS.ClH/c11-6-2-1-3-7(9(6)12)14-10(15)8-4-16-5-13-8;/h1-3,8,13H,4-5H2,(H,14,15);1H. The fourth-order valence-electron chi connectivity index (χ4n) is 1.38. The van der Waals surface area contributed by atoms with Gasteiger partial charge in [0, 0.05) is 11.6 Å². The molecule has 94 valence electrons. The van der Waals surface area contributed by atoms with E-state index >= 15 is 0 Å². The average molecular weight is 281 g/mol. The molecule has 0 saturated carbocycles. The molecule has 0 radical (unpaired) electrons. The van der Waals surface area contributed by atoms with E-state index in [1.807, 2.05) is 0 Å². The van der Waals surface area contributed by atoms with Gasteiger partial charge in [0.2, 0.25) is 5.91 Å². The van der Waals surface area contributed by atoms with Gasteiger partial charge in [0.15, 0.2) is 11.6 Å². The summed E-state index contributed by atoms with van der Waals surface area (Å²) in [5.74, 6) is -0.991. The number of carbonyl (C=O) groups excluding carboxylic acids is 1. The molecule has 1 aromatic rings. The maximum absolute atomic E-state index is 13.2. The van der Waals surface area contributed by atoms with Gasteiger partial charge >= 0.3 is 0 Å². The van der Waals surface area contributed by atoms with Crippen LogP contribution in [0.1, 0.15) is 0 Å². The van der Waals surface area contributed by atoms with Crippen LogP contribution in [0.3, 0.4) is 0 Å². The molecule has 1 heterocycles. The van der Waals surface area contributed by atoms with Crippen molar-refractivity contribution in [1.82, 2.24) is 5.32 Å². The Bertz CT molecular complexity index is 413. The Morgan fingerprint density at radius 2 is 2.24 bits per heavy atom. The summed E-state index contributed by atoms with van der Waals surface area (Å²) in [6, 6.07) is 3.35. The Morgan fingerprint density at radius 3 is 2.88 bits per heavy atom. The second-order valence-electron chi connectivity index (χ2n) is 3.36. The number of hydrogen-bond acceptors (Lipinski definition) is 3. The van der Waals surface area contributed by atoms with Crippen molar-refractivity contribution in [2.24, 2.45) is 0 Å². The van der Waals surface area contributed by atoms with E-state index < -0.39 is 11.6 Å². The van der Waals surface area contributed by atoms with E-state index in [1.165, 1.54) is 12.1 Å². The van der Waals surface area contributed by atoms with Gasteiger partial charge in [-0.05, 0) is 12.1 Å². The predicted octanol–water partition coefficient (Wildman–Crippen LogP) is 1.99. The number of carbonyl (C=O) groups is 1. The van der Waals surface area contributed by atoms with Crippen LogP contribution in [-0.4, -0.2) is 23.6 Å². The molecule has 1 aliphatic rings. The molecule has 17 heavy (non-hydrogen) atoms. The van der Waals surface area contributed by atoms with E-state index in [2.05, 4.69) is 10.6 Å². The lowest BCUT2D eigenvalue weighted by molar-refractivity contribution is -0.117. The molecule has 1 aliphatic heterocycles. The quantitative estimate of drug-likeness (QED) is 0.870. The predicted molar refractivity (Wildman–Crippen MR) is 66.5 cm³/mol. The number of rotatable bonds is 2. The molecule has 1 amide bonds. The van der Waals surface area contributed by atoms with E-state index in [0.717, 1.165) is 6.07 Å². The highest BCUT2D eigenvalue weighted by Crippen LogP contribution is 2.18. The molecule has 1 atom stereocenters. The molecule has 0 bridgehead atoms. The van der Waals surface area contributed by atoms with Crippen LogP contribution in [0.15, 0.2) is 18.2 Å². The summed E-state index contributed by atoms with van der Waals surface area (Å²) >= 11 is 1.59. The zero-order valence-corrected chi connectivity index (χ0v) is 10.3. The number of nitrogens with one attached hydrogen (secondary N) is 2. The zero-order valence-electron chi connectivity index (χ0n) is 8.70. The number of hydrogen-bond donors (Lipinski definition) is 2. The van der Waals surface area contributed by atoms with Gasteiger partial charge in [-0.3, -0.25) is 10.1 Å². The van der Waals surface area contributed by atoms with Crippen molar-refractivity contribution in [3.63, 3.8) is 0 Å². The van der Waals surface area contributed by atoms with Gasteiger partial charge in [0.05, 0.1) is 11.7 Å². The summed E-state index contributed by atoms with van der Waals surface area (Å²) in [6.07, 6.45) is 0. The molecule has 1 aromatic carbocycles. The molecule has 0 aromatic heterocycles. The molecule has 7 heteroatoms. The molecule has 1 saturated heterocycles. The largest absolute Gasteiger partial charge is 0.322 e. The van der Waals surface area contributed by atoms with Crippen molar-refractivity contribution in [3.05, 3.63) is 29.8 Å². The first-order valence-corrected chi connectivity index (χ1v) is 5.90. The molecule has 1 unspecified atom stereocenters. The normalized spacial score (nSPS) is 18.6. The van der Waals surface area contributed by atoms with Crippen molar-refractivity contribution >= 4 is 35.8 Å². The number of halogens is 3. The van der Waals surface area contributed by atoms with E-state index in [-0.39, 0.29) is 30.0 Å². The van der Waals surface area contributed by atoms with Crippen molar-refractivity contribution in [2.45, 2.75) is 6.04 Å². The third-order valence-corrected chi connectivity index (χ3v) is 3.18. The first kappa shape index (κ1) is 14.2. The third-order valence-electron chi connectivity index (χ3n) is 2.24. The zero-order chi connectivity index (χ0) is 11.5. The number of amides is 1. The molecule has 2 rings (SSSR count). The van der Waals surface area contributed by atoms with Crippen LogP contribution in [0.5, 0.6) is 0 Å². The molecule has 2 N–H and O–H groups in total. The smallest absolute Gasteiger partial charge is 0.242 e. The van der Waals surface area contributed by atoms with Gasteiger partial charge < -0.3 is 5.32 Å². The fourth-order valence-corrected chi connectivity index (χ4v) is 2.33. The van der Waals surface area contributed by atoms with E-state index in [9.17, 15) is 13.6 Å². The van der Waals surface area contributed by atoms with Gasteiger partial charge in [-0.1, -0.05) is 6.07 Å². The third kappa shape index (κ3) is 3.31. The van der Waals surface area contributed by atoms with Gasteiger partial charge in [-0.15, -0.1) is 24.2 Å². The van der Waals surface area contributed by atoms with Crippen LogP contribution in [-0.2, 0) is 4.79 Å². The summed E-state index contributed by atoms with van der Waals surface area (Å²) < 4.78 is 26.1. The summed E-state index contributed by atoms with van der Waals surface area (Å²) in [6.45, 7) is 0. The van der Waals surface area contributed by atoms with Gasteiger partial charge in [0.25, 0.3) is 0 Å². The van der Waals surface area contributed by atoms with Crippen molar-refractivity contribution in [1.29, 1.82) is 0 Å². The minimum atomic E-state index is -1.03. The average Bonchev–Trinajstić information content (AvgIpc) is 2.78. The highest BCUT2D eigenvalue weighted by Gasteiger charge is 2.23. The monoisotopic (exact) mass is 280 g/mol. The minimum absolute atomic E-state index is 0. The summed E-state index contributed by atoms with van der Waals surface area (Å²) in [5, 5.41) is 5.31. The van der Waals surface area contributed by atoms with Crippen molar-refractivity contribution in [2.75, 3.05) is 16.9 Å². The second kappa shape index (κ2) is 6.18. The number of thioether (sulfide) groups is 1. The fraction of sp³-hybridized carbons (Fsp3) is 0.300. The molecule has 0 aliphatic carbocycles. The highest BCUT2D eigenvalue weighted by atomic mass is 35.5. The van der Waals surface area contributed by atoms with Crippen molar-refractivity contribution in [3.8, 4) is 0 Å². The maximum Gasteiger partial charge on any atom is 0.242 e. The first-order chi connectivity index (χ1) is 7.68. The molecular formula is C10H11ClF2N2OS. The Morgan fingerprint density at radius 1 is 1.47 bits per heavy atom. The lowest BCUT2D eigenvalue weighted by atomic mass is 10.2. The summed E-state index contributed by atoms with van der Waals surface area (Å²) in [5.41, 5.74) is -0.122. The Labute approximate surface area is 108 Å². The Hall–Kier alpha value is -0.850. The minimum Gasteiger partial charge on any atom is -0.322 e. The lowest BCUT2D eigenvalue weighted by Crippen LogP contribution is -2.37. The Kier molecular flexibility index (Phi) is 5.17. The maximum atomic E-state index is 13.2. The van der Waals surface area contributed by atoms with E-state index in [4.69, 9.17) is 0 Å².